The number of aromatic hydroxyl groups is 6. The maximum absolute atomic E-state index is 12.2. The number of benzene rings is 4. The third kappa shape index (κ3) is 7.20. The summed E-state index contributed by atoms with van der Waals surface area (Å²) < 4.78 is 0. The average Bonchev–Trinajstić information content (AvgIpc) is 3.05. The minimum Gasteiger partial charge on any atom is -0.507 e. The minimum absolute atomic E-state index is 0.133. The molecule has 270 valence electrons. The van der Waals surface area contributed by atoms with Gasteiger partial charge in [-0.2, -0.15) is 10.2 Å². The molecule has 0 heterocycles. The zero-order valence-electron chi connectivity index (χ0n) is 30.7. The highest BCUT2D eigenvalue weighted by molar-refractivity contribution is 6.15. The van der Waals surface area contributed by atoms with E-state index in [9.17, 15) is 30.6 Å². The van der Waals surface area contributed by atoms with Gasteiger partial charge in [-0.05, 0) is 60.4 Å². The molecule has 0 saturated carbocycles. The summed E-state index contributed by atoms with van der Waals surface area (Å²) in [6.45, 7) is 16.7. The van der Waals surface area contributed by atoms with Crippen LogP contribution in [0, 0.1) is 13.8 Å². The van der Waals surface area contributed by atoms with E-state index in [1.807, 2.05) is 53.7 Å². The number of fused-ring (bicyclic) bond motifs is 2. The number of phenols is 6. The number of nitrogens with zero attached hydrogens (tertiary/aromatic N) is 2. The van der Waals surface area contributed by atoms with Crippen molar-refractivity contribution in [2.24, 2.45) is 10.2 Å². The van der Waals surface area contributed by atoms with E-state index in [0.29, 0.717) is 57.2 Å². The number of phenolic OH excluding ortho intramolecular Hbond substituents is 6. The summed E-state index contributed by atoms with van der Waals surface area (Å²) in [6.07, 6.45) is 8.83. The summed E-state index contributed by atoms with van der Waals surface area (Å²) in [4.78, 5) is 0. The maximum Gasteiger partial charge on any atom is 0.167 e. The fourth-order valence-corrected chi connectivity index (χ4v) is 6.88. The van der Waals surface area contributed by atoms with Crippen LogP contribution in [-0.4, -0.2) is 56.2 Å². The molecule has 10 heteroatoms. The lowest BCUT2D eigenvalue weighted by molar-refractivity contribution is 0.398. The van der Waals surface area contributed by atoms with Crippen LogP contribution < -0.4 is 10.9 Å². The molecular formula is C40H54N4O6. The lowest BCUT2D eigenvalue weighted by Gasteiger charge is -2.23. The maximum atomic E-state index is 12.2. The largest absolute Gasteiger partial charge is 0.507 e. The van der Waals surface area contributed by atoms with Gasteiger partial charge in [0.2, 0.25) is 0 Å². The lowest BCUT2D eigenvalue weighted by atomic mass is 9.83. The van der Waals surface area contributed by atoms with Crippen molar-refractivity contribution in [3.05, 3.63) is 45.5 Å². The lowest BCUT2D eigenvalue weighted by Crippen LogP contribution is -2.08. The minimum atomic E-state index is -0.406. The summed E-state index contributed by atoms with van der Waals surface area (Å²) >= 11 is 0. The monoisotopic (exact) mass is 686 g/mol. The normalized spacial score (nSPS) is 12.1. The Bertz CT molecular complexity index is 1790. The fraction of sp³-hybridized carbons (Fsp3) is 0.450. The second kappa shape index (κ2) is 16.2. The van der Waals surface area contributed by atoms with Gasteiger partial charge < -0.3 is 41.5 Å². The van der Waals surface area contributed by atoms with Gasteiger partial charge in [0.25, 0.3) is 0 Å². The number of hydrazone groups is 2. The van der Waals surface area contributed by atoms with E-state index in [2.05, 4.69) is 34.9 Å². The van der Waals surface area contributed by atoms with Crippen LogP contribution in [0.25, 0.3) is 32.7 Å². The summed E-state index contributed by atoms with van der Waals surface area (Å²) in [6, 6.07) is 3.68. The molecule has 0 aliphatic rings. The predicted octanol–water partition coefficient (Wildman–Crippen LogP) is 8.98. The van der Waals surface area contributed by atoms with Crippen molar-refractivity contribution in [2.75, 3.05) is 13.1 Å². The van der Waals surface area contributed by atoms with Crippen molar-refractivity contribution in [2.45, 2.75) is 106 Å². The first kappa shape index (κ1) is 38.0. The van der Waals surface area contributed by atoms with Gasteiger partial charge in [-0.1, -0.05) is 79.4 Å². The van der Waals surface area contributed by atoms with E-state index in [0.717, 1.165) is 38.5 Å². The molecule has 0 aliphatic heterocycles. The third-order valence-electron chi connectivity index (χ3n) is 9.34. The summed E-state index contributed by atoms with van der Waals surface area (Å²) in [5, 5.41) is 79.6. The third-order valence-corrected chi connectivity index (χ3v) is 9.34. The fourth-order valence-electron chi connectivity index (χ4n) is 6.88. The average molecular weight is 687 g/mol. The highest BCUT2D eigenvalue weighted by atomic mass is 16.3. The molecule has 0 unspecified atom stereocenters. The molecule has 0 saturated heterocycles. The van der Waals surface area contributed by atoms with E-state index in [4.69, 9.17) is 0 Å². The molecule has 4 aromatic carbocycles. The smallest absolute Gasteiger partial charge is 0.167 e. The summed E-state index contributed by atoms with van der Waals surface area (Å²) in [7, 11) is 0. The highest BCUT2D eigenvalue weighted by Crippen LogP contribution is 2.54. The van der Waals surface area contributed by atoms with Gasteiger partial charge in [0, 0.05) is 46.1 Å². The van der Waals surface area contributed by atoms with Gasteiger partial charge in [0.1, 0.15) is 11.5 Å². The molecular weight excluding hydrogens is 632 g/mol. The number of unbranched alkanes of at least 4 members (excludes halogenated alkanes) is 4. The van der Waals surface area contributed by atoms with Crippen LogP contribution in [-0.2, 0) is 0 Å². The molecule has 4 aromatic rings. The van der Waals surface area contributed by atoms with Crippen LogP contribution in [0.3, 0.4) is 0 Å². The van der Waals surface area contributed by atoms with Gasteiger partial charge >= 0.3 is 0 Å². The number of hydrogen-bond acceptors (Lipinski definition) is 10. The van der Waals surface area contributed by atoms with Crippen molar-refractivity contribution in [3.8, 4) is 45.6 Å². The number of aryl methyl sites for hydroxylation is 2. The topological polar surface area (TPSA) is 170 Å². The van der Waals surface area contributed by atoms with Crippen molar-refractivity contribution < 1.29 is 30.6 Å². The molecule has 0 aliphatic carbocycles. The molecule has 0 spiro atoms. The Morgan fingerprint density at radius 2 is 0.920 bits per heavy atom. The van der Waals surface area contributed by atoms with Crippen LogP contribution in [0.2, 0.25) is 0 Å². The second-order valence-corrected chi connectivity index (χ2v) is 13.8. The standard InChI is InChI=1S/C40H54N4O6/c1-9-11-13-15-41-43-19-27-33-25(29(21(3)4)39(49)35(27)45)17-23(7)31(37(33)47)32-24(8)18-26-30(22(5)6)40(50)36(46)28(34(26)38(32)48)20-44-42-16-14-12-10-2/h17-22,41-42,45-50H,9-16H2,1-8H3/b43-19+,44-20+. The van der Waals surface area contributed by atoms with Crippen molar-refractivity contribution in [1.82, 2.24) is 10.9 Å². The zero-order chi connectivity index (χ0) is 36.9. The quantitative estimate of drug-likeness (QED) is 0.0265. The van der Waals surface area contributed by atoms with Gasteiger partial charge in [-0.15, -0.1) is 0 Å². The highest BCUT2D eigenvalue weighted by Gasteiger charge is 2.29. The number of nitrogens with one attached hydrogen (secondary N) is 2. The Balaban J connectivity index is 2.08. The Kier molecular flexibility index (Phi) is 12.3. The van der Waals surface area contributed by atoms with Crippen LogP contribution in [0.4, 0.5) is 0 Å². The van der Waals surface area contributed by atoms with E-state index in [1.165, 1.54) is 12.4 Å². The van der Waals surface area contributed by atoms with Gasteiger partial charge in [-0.3, -0.25) is 0 Å². The molecule has 0 atom stereocenters. The van der Waals surface area contributed by atoms with Crippen LogP contribution in [0.1, 0.15) is 125 Å². The first-order chi connectivity index (χ1) is 23.8. The molecule has 0 bridgehead atoms. The van der Waals surface area contributed by atoms with E-state index in [1.54, 1.807) is 0 Å². The van der Waals surface area contributed by atoms with Crippen molar-refractivity contribution in [1.29, 1.82) is 0 Å². The summed E-state index contributed by atoms with van der Waals surface area (Å²) in [5.74, 6) is -2.19. The first-order valence-electron chi connectivity index (χ1n) is 17.8. The SMILES string of the molecule is CCCCCN/N=C/c1c(O)c(O)c(C(C)C)c2cc(C)c(-c3c(C)cc4c(C(C)C)c(O)c(O)c(/C=N/NCCCCC)c4c3O)c(O)c12. The van der Waals surface area contributed by atoms with Gasteiger partial charge in [0.05, 0.1) is 23.6 Å². The van der Waals surface area contributed by atoms with Crippen LogP contribution in [0.15, 0.2) is 22.3 Å². The van der Waals surface area contributed by atoms with Crippen molar-refractivity contribution in [3.63, 3.8) is 0 Å². The molecule has 0 radical (unpaired) electrons. The van der Waals surface area contributed by atoms with Crippen LogP contribution >= 0.6 is 0 Å². The summed E-state index contributed by atoms with van der Waals surface area (Å²) in [5.41, 5.74) is 9.05. The van der Waals surface area contributed by atoms with Crippen molar-refractivity contribution >= 4 is 34.0 Å². The molecule has 8 N–H and O–H groups in total. The zero-order valence-corrected chi connectivity index (χ0v) is 30.7. The number of rotatable bonds is 15. The number of hydrogen-bond donors (Lipinski definition) is 8. The Hall–Kier alpha value is -4.86. The molecule has 4 rings (SSSR count). The first-order valence-corrected chi connectivity index (χ1v) is 17.8. The molecule has 0 amide bonds. The van der Waals surface area contributed by atoms with E-state index >= 15 is 0 Å². The van der Waals surface area contributed by atoms with Gasteiger partial charge in [0.15, 0.2) is 23.0 Å². The predicted molar refractivity (Wildman–Crippen MR) is 205 cm³/mol. The molecule has 0 aromatic heterocycles. The van der Waals surface area contributed by atoms with E-state index < -0.39 is 11.5 Å². The molecule has 10 nitrogen and oxygen atoms in total. The van der Waals surface area contributed by atoms with E-state index in [-0.39, 0.29) is 56.7 Å². The molecule has 0 fully saturated rings. The Morgan fingerprint density at radius 1 is 0.560 bits per heavy atom. The molecule has 50 heavy (non-hydrogen) atoms. The van der Waals surface area contributed by atoms with Crippen LogP contribution in [0.5, 0.6) is 34.5 Å². The van der Waals surface area contributed by atoms with Gasteiger partial charge in [-0.25, -0.2) is 0 Å². The Labute approximate surface area is 295 Å². The second-order valence-electron chi connectivity index (χ2n) is 13.8. The Morgan fingerprint density at radius 3 is 1.24 bits per heavy atom.